The lowest BCUT2D eigenvalue weighted by Crippen LogP contribution is -2.29. The maximum absolute atomic E-state index is 12.0. The number of carbonyl (C=O) groups excluding carboxylic acids is 1. The summed E-state index contributed by atoms with van der Waals surface area (Å²) in [6.07, 6.45) is 1.13. The number of carboxylic acid groups (broad SMARTS) is 1. The van der Waals surface area contributed by atoms with Crippen LogP contribution in [0.5, 0.6) is 0 Å². The first-order valence-electron chi connectivity index (χ1n) is 5.81. The lowest BCUT2D eigenvalue weighted by Gasteiger charge is -2.09. The normalized spacial score (nSPS) is 13.1. The molecule has 1 aromatic rings. The molecule has 1 amide bonds. The van der Waals surface area contributed by atoms with Gasteiger partial charge < -0.3 is 15.4 Å². The molecule has 0 spiro atoms. The summed E-state index contributed by atoms with van der Waals surface area (Å²) in [4.78, 5) is 21.5. The molecule has 0 bridgehead atoms. The molecule has 1 atom stereocenters. The van der Waals surface area contributed by atoms with Gasteiger partial charge in [-0.1, -0.05) is 6.92 Å². The van der Waals surface area contributed by atoms with Crippen LogP contribution in [0.2, 0.25) is 0 Å². The van der Waals surface area contributed by atoms with Crippen molar-refractivity contribution in [1.29, 1.82) is 0 Å². The van der Waals surface area contributed by atoms with E-state index in [9.17, 15) is 18.0 Å². The van der Waals surface area contributed by atoms with Crippen LogP contribution in [-0.2, 0) is 21.9 Å². The molecule has 0 saturated carbocycles. The zero-order valence-electron chi connectivity index (χ0n) is 11.2. The van der Waals surface area contributed by atoms with Crippen LogP contribution in [0.1, 0.15) is 23.8 Å². The number of carboxylic acids is 1. The molecule has 0 aliphatic carbocycles. The van der Waals surface area contributed by atoms with Crippen LogP contribution in [-0.4, -0.2) is 36.5 Å². The number of hydrogen-bond donors (Lipinski definition) is 3. The van der Waals surface area contributed by atoms with Crippen molar-refractivity contribution in [2.75, 3.05) is 6.54 Å². The number of aliphatic carboxylic acids is 1. The lowest BCUT2D eigenvalue weighted by atomic mass is 10.1. The maximum atomic E-state index is 12.0. The fourth-order valence-electron chi connectivity index (χ4n) is 1.63. The van der Waals surface area contributed by atoms with Crippen molar-refractivity contribution < 1.29 is 23.1 Å². The van der Waals surface area contributed by atoms with E-state index >= 15 is 0 Å². The highest BCUT2D eigenvalue weighted by Gasteiger charge is 2.20. The highest BCUT2D eigenvalue weighted by molar-refractivity contribution is 7.89. The zero-order chi connectivity index (χ0) is 15.5. The Labute approximate surface area is 116 Å². The largest absolute Gasteiger partial charge is 0.481 e. The van der Waals surface area contributed by atoms with E-state index in [2.05, 4.69) is 4.72 Å². The number of rotatable bonds is 7. The molecule has 1 heterocycles. The minimum Gasteiger partial charge on any atom is -0.481 e. The quantitative estimate of drug-likeness (QED) is 0.625. The molecule has 0 aliphatic rings. The Hall–Kier alpha value is -1.87. The zero-order valence-corrected chi connectivity index (χ0v) is 12.0. The topological polar surface area (TPSA) is 131 Å². The summed E-state index contributed by atoms with van der Waals surface area (Å²) < 4.78 is 27.6. The second kappa shape index (κ2) is 6.06. The number of amides is 1. The number of sulfonamides is 1. The standard InChI is InChI=1S/C11H17N3O5S/c1-7(3-10(15)16)5-13-20(18,19)8-4-9(11(12)17)14(2)6-8/h4,6-7,13H,3,5H2,1-2H3,(H2,12,17)(H,15,16). The van der Waals surface area contributed by atoms with Crippen LogP contribution in [0, 0.1) is 5.92 Å². The molecule has 1 rings (SSSR count). The summed E-state index contributed by atoms with van der Waals surface area (Å²) in [5, 5.41) is 8.60. The van der Waals surface area contributed by atoms with Crippen molar-refractivity contribution >= 4 is 21.9 Å². The average molecular weight is 303 g/mol. The van der Waals surface area contributed by atoms with Crippen molar-refractivity contribution in [2.24, 2.45) is 18.7 Å². The predicted octanol–water partition coefficient (Wildman–Crippen LogP) is -0.487. The number of nitrogens with zero attached hydrogens (tertiary/aromatic N) is 1. The molecule has 0 aliphatic heterocycles. The Kier molecular flexibility index (Phi) is 4.90. The van der Waals surface area contributed by atoms with Gasteiger partial charge in [0.25, 0.3) is 5.91 Å². The highest BCUT2D eigenvalue weighted by atomic mass is 32.2. The number of nitrogens with one attached hydrogen (secondary N) is 1. The third kappa shape index (κ3) is 4.07. The minimum atomic E-state index is -3.80. The van der Waals surface area contributed by atoms with Crippen molar-refractivity contribution in [3.63, 3.8) is 0 Å². The van der Waals surface area contributed by atoms with Crippen molar-refractivity contribution in [2.45, 2.75) is 18.2 Å². The molecule has 0 saturated heterocycles. The van der Waals surface area contributed by atoms with Crippen LogP contribution in [0.15, 0.2) is 17.2 Å². The van der Waals surface area contributed by atoms with Gasteiger partial charge in [0.2, 0.25) is 10.0 Å². The van der Waals surface area contributed by atoms with E-state index in [1.165, 1.54) is 23.9 Å². The Balaban J connectivity index is 2.82. The van der Waals surface area contributed by atoms with Crippen LogP contribution >= 0.6 is 0 Å². The second-order valence-corrected chi connectivity index (χ2v) is 6.36. The summed E-state index contributed by atoms with van der Waals surface area (Å²) in [7, 11) is -2.29. The van der Waals surface area contributed by atoms with Crippen LogP contribution < -0.4 is 10.5 Å². The number of carbonyl (C=O) groups is 2. The number of primary amides is 1. The molecule has 1 aromatic heterocycles. The monoisotopic (exact) mass is 303 g/mol. The fourth-order valence-corrected chi connectivity index (χ4v) is 2.87. The van der Waals surface area contributed by atoms with E-state index in [-0.39, 0.29) is 29.5 Å². The minimum absolute atomic E-state index is 0.00453. The van der Waals surface area contributed by atoms with E-state index in [0.717, 1.165) is 0 Å². The van der Waals surface area contributed by atoms with Gasteiger partial charge in [-0.3, -0.25) is 9.59 Å². The van der Waals surface area contributed by atoms with Crippen molar-refractivity contribution in [1.82, 2.24) is 9.29 Å². The van der Waals surface area contributed by atoms with Gasteiger partial charge in [-0.25, -0.2) is 13.1 Å². The van der Waals surface area contributed by atoms with Gasteiger partial charge in [0.1, 0.15) is 10.6 Å². The summed E-state index contributed by atoms with van der Waals surface area (Å²) in [5.74, 6) is -2.07. The number of aryl methyl sites for hydroxylation is 1. The van der Waals surface area contributed by atoms with Crippen molar-refractivity contribution in [3.8, 4) is 0 Å². The Morgan fingerprint density at radius 3 is 2.55 bits per heavy atom. The third-order valence-electron chi connectivity index (χ3n) is 2.69. The SMILES string of the molecule is CC(CNS(=O)(=O)c1cc(C(N)=O)n(C)c1)CC(=O)O. The third-order valence-corrected chi connectivity index (χ3v) is 4.08. The smallest absolute Gasteiger partial charge is 0.303 e. The maximum Gasteiger partial charge on any atom is 0.303 e. The Morgan fingerprint density at radius 2 is 2.10 bits per heavy atom. The molecule has 20 heavy (non-hydrogen) atoms. The van der Waals surface area contributed by atoms with E-state index in [4.69, 9.17) is 10.8 Å². The molecule has 1 unspecified atom stereocenters. The van der Waals surface area contributed by atoms with E-state index < -0.39 is 21.9 Å². The number of hydrogen-bond acceptors (Lipinski definition) is 4. The fraction of sp³-hybridized carbons (Fsp3) is 0.455. The van der Waals surface area contributed by atoms with Gasteiger partial charge in [-0.05, 0) is 12.0 Å². The number of nitrogens with two attached hydrogens (primary N) is 1. The van der Waals surface area contributed by atoms with E-state index in [1.54, 1.807) is 6.92 Å². The van der Waals surface area contributed by atoms with Crippen molar-refractivity contribution in [3.05, 3.63) is 18.0 Å². The average Bonchev–Trinajstić information content (AvgIpc) is 2.69. The number of aromatic nitrogens is 1. The van der Waals surface area contributed by atoms with Gasteiger partial charge in [0.05, 0.1) is 0 Å². The summed E-state index contributed by atoms with van der Waals surface area (Å²) in [5.41, 5.74) is 5.18. The molecule has 9 heteroatoms. The van der Waals surface area contributed by atoms with Crippen LogP contribution in [0.3, 0.4) is 0 Å². The predicted molar refractivity (Wildman–Crippen MR) is 70.5 cm³/mol. The van der Waals surface area contributed by atoms with E-state index in [1.807, 2.05) is 0 Å². The highest BCUT2D eigenvalue weighted by Crippen LogP contribution is 2.13. The first-order valence-corrected chi connectivity index (χ1v) is 7.29. The Bertz CT molecular complexity index is 620. The Morgan fingerprint density at radius 1 is 1.50 bits per heavy atom. The van der Waals surface area contributed by atoms with Gasteiger partial charge >= 0.3 is 5.97 Å². The summed E-state index contributed by atoms with van der Waals surface area (Å²) >= 11 is 0. The molecule has 0 aromatic carbocycles. The van der Waals surface area contributed by atoms with Gasteiger partial charge in [0, 0.05) is 26.2 Å². The molecule has 4 N–H and O–H groups in total. The van der Waals surface area contributed by atoms with E-state index in [0.29, 0.717) is 0 Å². The summed E-state index contributed by atoms with van der Waals surface area (Å²) in [6, 6.07) is 1.17. The van der Waals surface area contributed by atoms with Gasteiger partial charge in [-0.15, -0.1) is 0 Å². The first kappa shape index (κ1) is 16.2. The lowest BCUT2D eigenvalue weighted by molar-refractivity contribution is -0.137. The summed E-state index contributed by atoms with van der Waals surface area (Å²) in [6.45, 7) is 1.62. The molecule has 0 fully saturated rings. The first-order chi connectivity index (χ1) is 9.13. The van der Waals surface area contributed by atoms with Crippen LogP contribution in [0.25, 0.3) is 0 Å². The molecule has 8 nitrogen and oxygen atoms in total. The molecular formula is C11H17N3O5S. The molecule has 0 radical (unpaired) electrons. The molecule has 112 valence electrons. The van der Waals surface area contributed by atoms with Gasteiger partial charge in [-0.2, -0.15) is 0 Å². The molecular weight excluding hydrogens is 286 g/mol. The second-order valence-electron chi connectivity index (χ2n) is 4.59. The van der Waals surface area contributed by atoms with Crippen LogP contribution in [0.4, 0.5) is 0 Å². The van der Waals surface area contributed by atoms with Gasteiger partial charge in [0.15, 0.2) is 0 Å².